The van der Waals surface area contributed by atoms with Crippen LogP contribution >= 0.6 is 11.6 Å². The van der Waals surface area contributed by atoms with E-state index in [1.807, 2.05) is 7.05 Å². The lowest BCUT2D eigenvalue weighted by Crippen LogP contribution is -2.43. The number of likely N-dealkylation sites (tertiary alicyclic amines) is 1. The fourth-order valence-corrected chi connectivity index (χ4v) is 1.60. The number of hydrogen-bond donors (Lipinski definition) is 1. The van der Waals surface area contributed by atoms with Gasteiger partial charge in [0.15, 0.2) is 0 Å². The van der Waals surface area contributed by atoms with E-state index in [1.54, 1.807) is 4.90 Å². The number of carbonyl (C=O) groups is 1. The number of carbonyl (C=O) groups excluding carboxylic acids is 1. The van der Waals surface area contributed by atoms with Gasteiger partial charge in [0.1, 0.15) is 5.88 Å². The Kier molecular flexibility index (Phi) is 3.15. The van der Waals surface area contributed by atoms with E-state index >= 15 is 0 Å². The molecule has 0 bridgehead atoms. The average Bonchev–Trinajstić information content (AvgIpc) is 2.50. The monoisotopic (exact) mass is 176 g/mol. The van der Waals surface area contributed by atoms with Crippen LogP contribution in [0.4, 0.5) is 0 Å². The summed E-state index contributed by atoms with van der Waals surface area (Å²) >= 11 is 5.44. The van der Waals surface area contributed by atoms with Crippen molar-refractivity contribution in [1.29, 1.82) is 0 Å². The third-order valence-electron chi connectivity index (χ3n) is 2.02. The van der Waals surface area contributed by atoms with E-state index in [1.165, 1.54) is 0 Å². The number of nitrogens with one attached hydrogen (secondary N) is 1. The summed E-state index contributed by atoms with van der Waals surface area (Å²) in [6, 6.07) is 0. The second-order valence-electron chi connectivity index (χ2n) is 2.67. The molecule has 0 unspecified atom stereocenters. The number of amides is 1. The first-order valence-electron chi connectivity index (χ1n) is 3.82. The highest BCUT2D eigenvalue weighted by Crippen LogP contribution is 2.14. The van der Waals surface area contributed by atoms with Gasteiger partial charge in [0.05, 0.1) is 6.17 Å². The Morgan fingerprint density at radius 2 is 2.55 bits per heavy atom. The zero-order valence-electron chi connectivity index (χ0n) is 6.64. The van der Waals surface area contributed by atoms with E-state index in [0.717, 1.165) is 19.4 Å². The minimum absolute atomic E-state index is 0.0310. The molecular formula is C7H13ClN2O. The molecule has 0 aromatic heterocycles. The van der Waals surface area contributed by atoms with E-state index in [2.05, 4.69) is 5.32 Å². The maximum Gasteiger partial charge on any atom is 0.238 e. The molecule has 64 valence electrons. The van der Waals surface area contributed by atoms with Crippen LogP contribution in [0.5, 0.6) is 0 Å². The molecular weight excluding hydrogens is 164 g/mol. The molecule has 11 heavy (non-hydrogen) atoms. The third-order valence-corrected chi connectivity index (χ3v) is 2.25. The van der Waals surface area contributed by atoms with Crippen LogP contribution in [0.3, 0.4) is 0 Å². The molecule has 3 nitrogen and oxygen atoms in total. The molecule has 0 aromatic carbocycles. The molecule has 0 saturated carbocycles. The van der Waals surface area contributed by atoms with E-state index < -0.39 is 0 Å². The fraction of sp³-hybridized carbons (Fsp3) is 0.857. The number of alkyl halides is 1. The topological polar surface area (TPSA) is 32.3 Å². The Morgan fingerprint density at radius 1 is 1.82 bits per heavy atom. The maximum absolute atomic E-state index is 11.1. The number of hydrogen-bond acceptors (Lipinski definition) is 2. The van der Waals surface area contributed by atoms with Crippen molar-refractivity contribution in [2.75, 3.05) is 19.5 Å². The molecule has 1 aliphatic heterocycles. The summed E-state index contributed by atoms with van der Waals surface area (Å²) in [6.45, 7) is 0.844. The molecule has 1 amide bonds. The molecule has 1 saturated heterocycles. The van der Waals surface area contributed by atoms with Crippen molar-refractivity contribution in [2.45, 2.75) is 19.0 Å². The van der Waals surface area contributed by atoms with Gasteiger partial charge in [-0.25, -0.2) is 0 Å². The van der Waals surface area contributed by atoms with Gasteiger partial charge in [-0.1, -0.05) is 0 Å². The second kappa shape index (κ2) is 3.93. The van der Waals surface area contributed by atoms with Gasteiger partial charge in [-0.2, -0.15) is 0 Å². The van der Waals surface area contributed by atoms with E-state index in [0.29, 0.717) is 0 Å². The molecule has 1 atom stereocenters. The van der Waals surface area contributed by atoms with Gasteiger partial charge in [-0.05, 0) is 19.9 Å². The first-order valence-corrected chi connectivity index (χ1v) is 4.35. The van der Waals surface area contributed by atoms with Crippen LogP contribution in [0, 0.1) is 0 Å². The predicted molar refractivity (Wildman–Crippen MR) is 44.5 cm³/mol. The van der Waals surface area contributed by atoms with Gasteiger partial charge < -0.3 is 10.2 Å². The Hall–Kier alpha value is -0.280. The van der Waals surface area contributed by atoms with Crippen LogP contribution in [0.25, 0.3) is 0 Å². The second-order valence-corrected chi connectivity index (χ2v) is 2.93. The first-order chi connectivity index (χ1) is 5.29. The number of rotatable bonds is 2. The highest BCUT2D eigenvalue weighted by atomic mass is 35.5. The van der Waals surface area contributed by atoms with Crippen molar-refractivity contribution in [2.24, 2.45) is 0 Å². The standard InChI is InChI=1S/C7H13ClN2O/c1-9-6-3-2-4-10(6)7(11)5-8/h6,9H,2-5H2,1H3/t6-/m0/s1. The lowest BCUT2D eigenvalue weighted by Gasteiger charge is -2.22. The fourth-order valence-electron chi connectivity index (χ4n) is 1.44. The van der Waals surface area contributed by atoms with Crippen molar-refractivity contribution >= 4 is 17.5 Å². The predicted octanol–water partition coefficient (Wildman–Crippen LogP) is 0.393. The van der Waals surface area contributed by atoms with Crippen LogP contribution in [-0.4, -0.2) is 36.4 Å². The molecule has 0 aromatic rings. The number of nitrogens with zero attached hydrogens (tertiary/aromatic N) is 1. The van der Waals surface area contributed by atoms with Gasteiger partial charge in [0, 0.05) is 6.54 Å². The van der Waals surface area contributed by atoms with E-state index in [9.17, 15) is 4.79 Å². The van der Waals surface area contributed by atoms with Crippen LogP contribution in [0.2, 0.25) is 0 Å². The molecule has 0 aliphatic carbocycles. The molecule has 4 heteroatoms. The summed E-state index contributed by atoms with van der Waals surface area (Å²) in [5, 5.41) is 3.08. The zero-order chi connectivity index (χ0) is 8.27. The van der Waals surface area contributed by atoms with Gasteiger partial charge in [0.2, 0.25) is 5.91 Å². The van der Waals surface area contributed by atoms with Crippen LogP contribution in [0.1, 0.15) is 12.8 Å². The highest BCUT2D eigenvalue weighted by molar-refractivity contribution is 6.27. The summed E-state index contributed by atoms with van der Waals surface area (Å²) in [5.41, 5.74) is 0. The van der Waals surface area contributed by atoms with Crippen molar-refractivity contribution in [3.63, 3.8) is 0 Å². The molecule has 1 heterocycles. The third kappa shape index (κ3) is 1.84. The van der Waals surface area contributed by atoms with Gasteiger partial charge in [-0.3, -0.25) is 4.79 Å². The van der Waals surface area contributed by atoms with Crippen molar-refractivity contribution in [1.82, 2.24) is 10.2 Å². The molecule has 1 N–H and O–H groups in total. The van der Waals surface area contributed by atoms with E-state index in [4.69, 9.17) is 11.6 Å². The van der Waals surface area contributed by atoms with Gasteiger partial charge >= 0.3 is 0 Å². The normalized spacial score (nSPS) is 24.2. The smallest absolute Gasteiger partial charge is 0.238 e. The Bertz CT molecular complexity index is 151. The van der Waals surface area contributed by atoms with Crippen molar-refractivity contribution in [3.8, 4) is 0 Å². The Labute approximate surface area is 71.7 Å². The number of halogens is 1. The lowest BCUT2D eigenvalue weighted by atomic mass is 10.3. The lowest BCUT2D eigenvalue weighted by molar-refractivity contribution is -0.129. The summed E-state index contributed by atoms with van der Waals surface area (Å²) in [5.74, 6) is 0.126. The largest absolute Gasteiger partial charge is 0.326 e. The summed E-state index contributed by atoms with van der Waals surface area (Å²) < 4.78 is 0. The van der Waals surface area contributed by atoms with E-state index in [-0.39, 0.29) is 18.0 Å². The van der Waals surface area contributed by atoms with Crippen LogP contribution < -0.4 is 5.32 Å². The van der Waals surface area contributed by atoms with Crippen molar-refractivity contribution < 1.29 is 4.79 Å². The van der Waals surface area contributed by atoms with Gasteiger partial charge in [0.25, 0.3) is 0 Å². The quantitative estimate of drug-likeness (QED) is 0.618. The first kappa shape index (κ1) is 8.81. The van der Waals surface area contributed by atoms with Crippen molar-refractivity contribution in [3.05, 3.63) is 0 Å². The SMILES string of the molecule is CN[C@@H]1CCCN1C(=O)CCl. The Balaban J connectivity index is 2.49. The maximum atomic E-state index is 11.1. The summed E-state index contributed by atoms with van der Waals surface area (Å²) in [6.07, 6.45) is 2.33. The molecule has 1 rings (SSSR count). The summed E-state index contributed by atoms with van der Waals surface area (Å²) in [4.78, 5) is 12.9. The van der Waals surface area contributed by atoms with Crippen LogP contribution in [0.15, 0.2) is 0 Å². The minimum atomic E-state index is 0.0310. The highest BCUT2D eigenvalue weighted by Gasteiger charge is 2.26. The minimum Gasteiger partial charge on any atom is -0.326 e. The molecule has 0 radical (unpaired) electrons. The molecule has 1 aliphatic rings. The van der Waals surface area contributed by atoms with Gasteiger partial charge in [-0.15, -0.1) is 11.6 Å². The molecule has 0 spiro atoms. The van der Waals surface area contributed by atoms with Crippen LogP contribution in [-0.2, 0) is 4.79 Å². The Morgan fingerprint density at radius 3 is 3.09 bits per heavy atom. The summed E-state index contributed by atoms with van der Waals surface area (Å²) in [7, 11) is 1.87. The average molecular weight is 177 g/mol. The zero-order valence-corrected chi connectivity index (χ0v) is 7.40. The molecule has 1 fully saturated rings.